The van der Waals surface area contributed by atoms with Gasteiger partial charge in [-0.3, -0.25) is 0 Å². The van der Waals surface area contributed by atoms with Gasteiger partial charge in [0.2, 0.25) is 0 Å². The number of carbonyl (C=O) groups excluding carboxylic acids is 1. The third-order valence-corrected chi connectivity index (χ3v) is 5.42. The summed E-state index contributed by atoms with van der Waals surface area (Å²) in [4.78, 5) is 16.6. The fraction of sp³-hybridized carbons (Fsp3) is 0.750. The van der Waals surface area contributed by atoms with Crippen molar-refractivity contribution in [3.05, 3.63) is 16.1 Å². The second kappa shape index (κ2) is 6.96. The van der Waals surface area contributed by atoms with Gasteiger partial charge in [0, 0.05) is 23.8 Å². The Morgan fingerprint density at radius 2 is 2.09 bits per heavy atom. The molecule has 1 saturated carbocycles. The number of hydrogen-bond donors (Lipinski definition) is 3. The molecule has 0 aromatic carbocycles. The van der Waals surface area contributed by atoms with E-state index in [9.17, 15) is 9.90 Å². The number of rotatable bonds is 5. The van der Waals surface area contributed by atoms with E-state index in [0.717, 1.165) is 42.8 Å². The highest BCUT2D eigenvalue weighted by atomic mass is 32.1. The molecule has 0 unspecified atom stereocenters. The number of carbonyl (C=O) groups is 1. The number of amides is 2. The monoisotopic (exact) mass is 325 g/mol. The summed E-state index contributed by atoms with van der Waals surface area (Å²) in [6.07, 6.45) is 4.58. The van der Waals surface area contributed by atoms with Crippen molar-refractivity contribution in [1.82, 2.24) is 15.6 Å². The second-order valence-electron chi connectivity index (χ2n) is 7.17. The molecule has 0 aliphatic heterocycles. The third kappa shape index (κ3) is 4.43. The summed E-state index contributed by atoms with van der Waals surface area (Å²) in [5, 5.41) is 18.5. The maximum atomic E-state index is 12.0. The van der Waals surface area contributed by atoms with E-state index in [4.69, 9.17) is 0 Å². The van der Waals surface area contributed by atoms with E-state index in [2.05, 4.69) is 41.8 Å². The number of hydrogen-bond acceptors (Lipinski definition) is 4. The first-order valence-corrected chi connectivity index (χ1v) is 8.84. The largest absolute Gasteiger partial charge is 0.394 e. The van der Waals surface area contributed by atoms with Crippen LogP contribution in [-0.4, -0.2) is 34.8 Å². The van der Waals surface area contributed by atoms with Gasteiger partial charge in [0.25, 0.3) is 0 Å². The lowest BCUT2D eigenvalue weighted by Crippen LogP contribution is -2.53. The van der Waals surface area contributed by atoms with E-state index >= 15 is 0 Å². The molecule has 0 spiro atoms. The second-order valence-corrected chi connectivity index (χ2v) is 8.03. The van der Waals surface area contributed by atoms with Gasteiger partial charge in [0.1, 0.15) is 0 Å². The van der Waals surface area contributed by atoms with Gasteiger partial charge in [-0.2, -0.15) is 0 Å². The summed E-state index contributed by atoms with van der Waals surface area (Å²) < 4.78 is 0. The van der Waals surface area contributed by atoms with Crippen LogP contribution >= 0.6 is 11.3 Å². The molecule has 2 rings (SSSR count). The Bertz CT molecular complexity index is 502. The van der Waals surface area contributed by atoms with Crippen LogP contribution in [0.4, 0.5) is 4.79 Å². The number of aliphatic hydroxyl groups is 1. The molecule has 0 bridgehead atoms. The molecule has 2 amide bonds. The van der Waals surface area contributed by atoms with Gasteiger partial charge < -0.3 is 15.7 Å². The average molecular weight is 325 g/mol. The van der Waals surface area contributed by atoms with Crippen molar-refractivity contribution in [2.24, 2.45) is 0 Å². The molecule has 3 N–H and O–H groups in total. The van der Waals surface area contributed by atoms with Crippen molar-refractivity contribution in [2.75, 3.05) is 13.2 Å². The highest BCUT2D eigenvalue weighted by molar-refractivity contribution is 7.09. The van der Waals surface area contributed by atoms with Crippen molar-refractivity contribution in [3.8, 4) is 0 Å². The standard InChI is InChI=1S/C16H27N3O2S/c1-15(2,3)13-18-12(10-22-13)6-9-17-14(21)19-16(11-20)7-4-5-8-16/h10,20H,4-9,11H2,1-3H3,(H2,17,19,21). The summed E-state index contributed by atoms with van der Waals surface area (Å²) >= 11 is 1.67. The number of thiazole rings is 1. The minimum absolute atomic E-state index is 0.0153. The number of nitrogens with one attached hydrogen (secondary N) is 2. The van der Waals surface area contributed by atoms with Gasteiger partial charge in [0.15, 0.2) is 0 Å². The Kier molecular flexibility index (Phi) is 5.45. The molecule has 1 aromatic rings. The van der Waals surface area contributed by atoms with Crippen LogP contribution in [0.25, 0.3) is 0 Å². The summed E-state index contributed by atoms with van der Waals surface area (Å²) in [5.74, 6) is 0. The first-order chi connectivity index (χ1) is 10.3. The average Bonchev–Trinajstić information content (AvgIpc) is 3.08. The van der Waals surface area contributed by atoms with Crippen LogP contribution in [0, 0.1) is 0 Å². The molecular weight excluding hydrogens is 298 g/mol. The van der Waals surface area contributed by atoms with Crippen LogP contribution < -0.4 is 10.6 Å². The predicted octanol–water partition coefficient (Wildman–Crippen LogP) is 2.59. The summed E-state index contributed by atoms with van der Waals surface area (Å²) in [5.41, 5.74) is 0.682. The molecule has 1 heterocycles. The molecule has 1 aromatic heterocycles. The molecule has 0 radical (unpaired) electrons. The van der Waals surface area contributed by atoms with Gasteiger partial charge in [-0.1, -0.05) is 33.6 Å². The molecule has 1 aliphatic carbocycles. The number of aromatic nitrogens is 1. The minimum Gasteiger partial charge on any atom is -0.394 e. The Morgan fingerprint density at radius 3 is 2.64 bits per heavy atom. The van der Waals surface area contributed by atoms with Gasteiger partial charge in [0.05, 0.1) is 22.8 Å². The van der Waals surface area contributed by atoms with Crippen molar-refractivity contribution in [2.45, 2.75) is 63.8 Å². The van der Waals surface area contributed by atoms with E-state index in [1.807, 2.05) is 0 Å². The van der Waals surface area contributed by atoms with Crippen LogP contribution in [-0.2, 0) is 11.8 Å². The van der Waals surface area contributed by atoms with Gasteiger partial charge in [-0.05, 0) is 12.8 Å². The molecule has 1 fully saturated rings. The lowest BCUT2D eigenvalue weighted by molar-refractivity contribution is 0.163. The zero-order chi connectivity index (χ0) is 16.2. The van der Waals surface area contributed by atoms with Crippen LogP contribution in [0.5, 0.6) is 0 Å². The summed E-state index contributed by atoms with van der Waals surface area (Å²) in [6.45, 7) is 7.02. The lowest BCUT2D eigenvalue weighted by atomic mass is 9.98. The van der Waals surface area contributed by atoms with Crippen LogP contribution in [0.15, 0.2) is 5.38 Å². The molecule has 0 saturated heterocycles. The van der Waals surface area contributed by atoms with Crippen molar-refractivity contribution < 1.29 is 9.90 Å². The highest BCUT2D eigenvalue weighted by Gasteiger charge is 2.34. The molecule has 0 atom stereocenters. The Balaban J connectivity index is 1.76. The van der Waals surface area contributed by atoms with Crippen LogP contribution in [0.2, 0.25) is 0 Å². The topological polar surface area (TPSA) is 74.2 Å². The Labute approximate surface area is 136 Å². The zero-order valence-corrected chi connectivity index (χ0v) is 14.6. The highest BCUT2D eigenvalue weighted by Crippen LogP contribution is 2.29. The quantitative estimate of drug-likeness (QED) is 0.779. The predicted molar refractivity (Wildman–Crippen MR) is 89.3 cm³/mol. The fourth-order valence-corrected chi connectivity index (χ4v) is 3.67. The number of aliphatic hydroxyl groups excluding tert-OH is 1. The molecule has 5 nitrogen and oxygen atoms in total. The van der Waals surface area contributed by atoms with Gasteiger partial charge >= 0.3 is 6.03 Å². The van der Waals surface area contributed by atoms with E-state index in [0.29, 0.717) is 6.54 Å². The van der Waals surface area contributed by atoms with Crippen molar-refractivity contribution in [3.63, 3.8) is 0 Å². The normalized spacial score (nSPS) is 17.5. The van der Waals surface area contributed by atoms with E-state index in [1.165, 1.54) is 0 Å². The maximum Gasteiger partial charge on any atom is 0.315 e. The van der Waals surface area contributed by atoms with E-state index in [1.54, 1.807) is 11.3 Å². The smallest absolute Gasteiger partial charge is 0.315 e. The molecule has 1 aliphatic rings. The number of nitrogens with zero attached hydrogens (tertiary/aromatic N) is 1. The molecule has 124 valence electrons. The van der Waals surface area contributed by atoms with E-state index < -0.39 is 5.54 Å². The lowest BCUT2D eigenvalue weighted by Gasteiger charge is -2.27. The fourth-order valence-electron chi connectivity index (χ4n) is 2.73. The van der Waals surface area contributed by atoms with Gasteiger partial charge in [-0.15, -0.1) is 11.3 Å². The first kappa shape index (κ1) is 17.2. The van der Waals surface area contributed by atoms with Crippen LogP contribution in [0.3, 0.4) is 0 Å². The van der Waals surface area contributed by atoms with Crippen molar-refractivity contribution in [1.29, 1.82) is 0 Å². The summed E-state index contributed by atoms with van der Waals surface area (Å²) in [7, 11) is 0. The molecule has 6 heteroatoms. The third-order valence-electron chi connectivity index (χ3n) is 4.10. The molecular formula is C16H27N3O2S. The Hall–Kier alpha value is -1.14. The SMILES string of the molecule is CC(C)(C)c1nc(CCNC(=O)NC2(CO)CCCC2)cs1. The maximum absolute atomic E-state index is 12.0. The zero-order valence-electron chi connectivity index (χ0n) is 13.7. The number of urea groups is 1. The van der Waals surface area contributed by atoms with Gasteiger partial charge in [-0.25, -0.2) is 9.78 Å². The summed E-state index contributed by atoms with van der Waals surface area (Å²) in [6, 6.07) is -0.192. The minimum atomic E-state index is -0.413. The first-order valence-electron chi connectivity index (χ1n) is 7.96. The molecule has 22 heavy (non-hydrogen) atoms. The van der Waals surface area contributed by atoms with E-state index in [-0.39, 0.29) is 18.1 Å². The Morgan fingerprint density at radius 1 is 1.41 bits per heavy atom. The van der Waals surface area contributed by atoms with Crippen molar-refractivity contribution >= 4 is 17.4 Å². The van der Waals surface area contributed by atoms with Crippen LogP contribution in [0.1, 0.15) is 57.2 Å².